The van der Waals surface area contributed by atoms with Gasteiger partial charge in [0.05, 0.1) is 0 Å². The van der Waals surface area contributed by atoms with Crippen LogP contribution in [0.5, 0.6) is 0 Å². The van der Waals surface area contributed by atoms with E-state index in [9.17, 15) is 4.79 Å². The summed E-state index contributed by atoms with van der Waals surface area (Å²) in [5, 5.41) is 3.51. The molecule has 2 nitrogen and oxygen atoms in total. The Morgan fingerprint density at radius 2 is 1.52 bits per heavy atom. The molecule has 3 heteroatoms. The summed E-state index contributed by atoms with van der Waals surface area (Å²) in [6.45, 7) is 1.93. The van der Waals surface area contributed by atoms with E-state index in [1.165, 1.54) is 0 Å². The fourth-order valence-corrected chi connectivity index (χ4v) is 2.54. The first-order valence-electron chi connectivity index (χ1n) is 7.36. The molecule has 0 saturated carbocycles. The van der Waals surface area contributed by atoms with E-state index in [-0.39, 0.29) is 5.91 Å². The summed E-state index contributed by atoms with van der Waals surface area (Å²) in [6, 6.07) is 23.1. The van der Waals surface area contributed by atoms with Crippen LogP contribution in [0.1, 0.15) is 15.9 Å². The number of carbonyl (C=O) groups is 1. The lowest BCUT2D eigenvalue weighted by Crippen LogP contribution is -2.12. The summed E-state index contributed by atoms with van der Waals surface area (Å²) in [5.74, 6) is -0.144. The molecule has 3 rings (SSSR count). The highest BCUT2D eigenvalue weighted by atomic mass is 35.5. The van der Waals surface area contributed by atoms with E-state index in [1.807, 2.05) is 67.6 Å². The van der Waals surface area contributed by atoms with Crippen molar-refractivity contribution in [2.45, 2.75) is 6.92 Å². The molecule has 0 aliphatic heterocycles. The van der Waals surface area contributed by atoms with Gasteiger partial charge in [0.2, 0.25) is 0 Å². The average molecular weight is 322 g/mol. The van der Waals surface area contributed by atoms with Crippen LogP contribution in [-0.4, -0.2) is 5.91 Å². The zero-order valence-corrected chi connectivity index (χ0v) is 13.5. The Morgan fingerprint density at radius 1 is 0.870 bits per heavy atom. The van der Waals surface area contributed by atoms with E-state index in [0.717, 1.165) is 22.4 Å². The molecule has 1 N–H and O–H groups in total. The van der Waals surface area contributed by atoms with Crippen LogP contribution in [0.2, 0.25) is 5.02 Å². The number of anilines is 1. The molecule has 0 bridgehead atoms. The maximum Gasteiger partial charge on any atom is 0.255 e. The van der Waals surface area contributed by atoms with E-state index < -0.39 is 0 Å². The van der Waals surface area contributed by atoms with E-state index in [4.69, 9.17) is 11.6 Å². The third-order valence-electron chi connectivity index (χ3n) is 3.70. The van der Waals surface area contributed by atoms with Gasteiger partial charge >= 0.3 is 0 Å². The summed E-state index contributed by atoms with van der Waals surface area (Å²) >= 11 is 5.98. The summed E-state index contributed by atoms with van der Waals surface area (Å²) in [4.78, 5) is 12.4. The molecule has 0 saturated heterocycles. The van der Waals surface area contributed by atoms with Crippen LogP contribution in [0.25, 0.3) is 11.1 Å². The topological polar surface area (TPSA) is 29.1 Å². The second-order valence-corrected chi connectivity index (χ2v) is 5.79. The van der Waals surface area contributed by atoms with E-state index in [0.29, 0.717) is 10.6 Å². The highest BCUT2D eigenvalue weighted by Gasteiger charge is 2.08. The number of halogens is 1. The lowest BCUT2D eigenvalue weighted by molar-refractivity contribution is 0.102. The third kappa shape index (κ3) is 3.61. The van der Waals surface area contributed by atoms with Gasteiger partial charge in [-0.05, 0) is 47.9 Å². The van der Waals surface area contributed by atoms with Crippen LogP contribution >= 0.6 is 11.6 Å². The number of carbonyl (C=O) groups excluding carboxylic acids is 1. The maximum absolute atomic E-state index is 12.4. The van der Waals surface area contributed by atoms with Crippen molar-refractivity contribution in [1.29, 1.82) is 0 Å². The van der Waals surface area contributed by atoms with E-state index in [1.54, 1.807) is 12.1 Å². The molecule has 0 aromatic heterocycles. The summed E-state index contributed by atoms with van der Waals surface area (Å²) < 4.78 is 0. The molecule has 0 fully saturated rings. The normalized spacial score (nSPS) is 10.3. The number of hydrogen-bond donors (Lipinski definition) is 1. The third-order valence-corrected chi connectivity index (χ3v) is 3.94. The zero-order valence-electron chi connectivity index (χ0n) is 12.7. The van der Waals surface area contributed by atoms with Gasteiger partial charge in [0.15, 0.2) is 0 Å². The quantitative estimate of drug-likeness (QED) is 0.671. The molecule has 0 heterocycles. The Labute approximate surface area is 140 Å². The van der Waals surface area contributed by atoms with Crippen LogP contribution in [0.3, 0.4) is 0 Å². The van der Waals surface area contributed by atoms with Gasteiger partial charge in [0.25, 0.3) is 5.91 Å². The molecule has 114 valence electrons. The first-order valence-corrected chi connectivity index (χ1v) is 7.74. The van der Waals surface area contributed by atoms with Gasteiger partial charge in [-0.25, -0.2) is 0 Å². The van der Waals surface area contributed by atoms with Crippen molar-refractivity contribution in [2.24, 2.45) is 0 Å². The van der Waals surface area contributed by atoms with Crippen LogP contribution in [0.4, 0.5) is 5.69 Å². The van der Waals surface area contributed by atoms with Crippen molar-refractivity contribution in [2.75, 3.05) is 5.32 Å². The predicted octanol–water partition coefficient (Wildman–Crippen LogP) is 5.57. The first kappa shape index (κ1) is 15.3. The van der Waals surface area contributed by atoms with Crippen molar-refractivity contribution in [3.05, 3.63) is 88.9 Å². The Morgan fingerprint density at radius 3 is 2.22 bits per heavy atom. The highest BCUT2D eigenvalue weighted by Crippen LogP contribution is 2.22. The van der Waals surface area contributed by atoms with Gasteiger partial charge in [-0.3, -0.25) is 4.79 Å². The SMILES string of the molecule is Cc1ccc(Cl)cc1NC(=O)c1ccc(-c2ccccc2)cc1. The molecule has 3 aromatic carbocycles. The second kappa shape index (κ2) is 6.67. The minimum Gasteiger partial charge on any atom is -0.322 e. The molecule has 3 aromatic rings. The molecule has 0 atom stereocenters. The fourth-order valence-electron chi connectivity index (χ4n) is 2.37. The van der Waals surface area contributed by atoms with Crippen molar-refractivity contribution in [1.82, 2.24) is 0 Å². The van der Waals surface area contributed by atoms with Crippen LogP contribution in [0.15, 0.2) is 72.8 Å². The standard InChI is InChI=1S/C20H16ClNO/c1-14-7-12-18(21)13-19(14)22-20(23)17-10-8-16(9-11-17)15-5-3-2-4-6-15/h2-13H,1H3,(H,22,23). The Kier molecular flexibility index (Phi) is 4.45. The molecule has 23 heavy (non-hydrogen) atoms. The minimum absolute atomic E-state index is 0.144. The Hall–Kier alpha value is -2.58. The maximum atomic E-state index is 12.4. The number of aryl methyl sites for hydroxylation is 1. The predicted molar refractivity (Wildman–Crippen MR) is 96.0 cm³/mol. The van der Waals surface area contributed by atoms with Crippen molar-refractivity contribution >= 4 is 23.2 Å². The van der Waals surface area contributed by atoms with E-state index in [2.05, 4.69) is 5.32 Å². The van der Waals surface area contributed by atoms with Gasteiger partial charge in [0.1, 0.15) is 0 Å². The van der Waals surface area contributed by atoms with Crippen LogP contribution in [-0.2, 0) is 0 Å². The number of benzene rings is 3. The minimum atomic E-state index is -0.144. The molecular weight excluding hydrogens is 306 g/mol. The Bertz CT molecular complexity index is 826. The largest absolute Gasteiger partial charge is 0.322 e. The van der Waals surface area contributed by atoms with E-state index >= 15 is 0 Å². The number of hydrogen-bond acceptors (Lipinski definition) is 1. The highest BCUT2D eigenvalue weighted by molar-refractivity contribution is 6.31. The van der Waals surface area contributed by atoms with Gasteiger partial charge < -0.3 is 5.32 Å². The lowest BCUT2D eigenvalue weighted by Gasteiger charge is -2.09. The van der Waals surface area contributed by atoms with Crippen LogP contribution in [0, 0.1) is 6.92 Å². The summed E-state index contributed by atoms with van der Waals surface area (Å²) in [6.07, 6.45) is 0. The summed E-state index contributed by atoms with van der Waals surface area (Å²) in [5.41, 5.74) is 4.54. The van der Waals surface area contributed by atoms with Crippen molar-refractivity contribution < 1.29 is 4.79 Å². The van der Waals surface area contributed by atoms with Crippen molar-refractivity contribution in [3.8, 4) is 11.1 Å². The van der Waals surface area contributed by atoms with Gasteiger partial charge in [-0.2, -0.15) is 0 Å². The molecule has 1 amide bonds. The van der Waals surface area contributed by atoms with Gasteiger partial charge in [0, 0.05) is 16.3 Å². The number of amides is 1. The fraction of sp³-hybridized carbons (Fsp3) is 0.0500. The van der Waals surface area contributed by atoms with Crippen molar-refractivity contribution in [3.63, 3.8) is 0 Å². The monoisotopic (exact) mass is 321 g/mol. The zero-order chi connectivity index (χ0) is 16.2. The smallest absolute Gasteiger partial charge is 0.255 e. The molecule has 0 unspecified atom stereocenters. The number of nitrogens with one attached hydrogen (secondary N) is 1. The lowest BCUT2D eigenvalue weighted by atomic mass is 10.0. The first-order chi connectivity index (χ1) is 11.1. The Balaban J connectivity index is 1.79. The molecule has 0 radical (unpaired) electrons. The molecule has 0 spiro atoms. The van der Waals surface area contributed by atoms with Gasteiger partial charge in [-0.1, -0.05) is 60.1 Å². The molecular formula is C20H16ClNO. The molecule has 0 aliphatic carbocycles. The second-order valence-electron chi connectivity index (χ2n) is 5.36. The number of rotatable bonds is 3. The average Bonchev–Trinajstić information content (AvgIpc) is 2.59. The molecule has 0 aliphatic rings. The van der Waals surface area contributed by atoms with Crippen LogP contribution < -0.4 is 5.32 Å². The van der Waals surface area contributed by atoms with Gasteiger partial charge in [-0.15, -0.1) is 0 Å². The summed E-state index contributed by atoms with van der Waals surface area (Å²) in [7, 11) is 0.